The number of aromatic nitrogens is 6. The van der Waals surface area contributed by atoms with Crippen molar-refractivity contribution in [3.63, 3.8) is 0 Å². The summed E-state index contributed by atoms with van der Waals surface area (Å²) in [5.74, 6) is -5.79. The molecule has 4 spiro atoms. The lowest BCUT2D eigenvalue weighted by molar-refractivity contribution is -0.134. The second kappa shape index (κ2) is 32.0. The molecular weight excluding hydrogens is 1690 g/mol. The van der Waals surface area contributed by atoms with Crippen molar-refractivity contribution in [2.75, 3.05) is 77.7 Å². The number of sulfone groups is 3. The number of carbonyl (C=O) groups is 1. The zero-order chi connectivity index (χ0) is 89.7. The number of piperidine rings is 4. The second-order valence-corrected chi connectivity index (χ2v) is 45.7. The number of H-pyrrole nitrogens is 2. The summed E-state index contributed by atoms with van der Waals surface area (Å²) >= 11 is 0. The highest BCUT2D eigenvalue weighted by Crippen LogP contribution is 2.66. The van der Waals surface area contributed by atoms with Crippen LogP contribution in [0.4, 0.5) is 35.9 Å². The van der Waals surface area contributed by atoms with Crippen LogP contribution in [0, 0.1) is 27.5 Å². The number of carboxylic acid groups (broad SMARTS) is 1. The molecule has 25 nitrogen and oxygen atoms in total. The Kier molecular flexibility index (Phi) is 22.3. The molecule has 0 bridgehead atoms. The summed E-state index contributed by atoms with van der Waals surface area (Å²) in [5.41, 5.74) is 13.7. The smallest absolute Gasteiger partial charge is 0.319 e. The number of rotatable bonds is 16. The molecule has 0 radical (unpaired) electrons. The first kappa shape index (κ1) is 87.5. The number of aryl methyl sites for hydroxylation is 4. The summed E-state index contributed by atoms with van der Waals surface area (Å²) in [6.07, 6.45) is 34.6. The van der Waals surface area contributed by atoms with Gasteiger partial charge in [-0.15, -0.1) is 0 Å². The number of sulfonamides is 1. The van der Waals surface area contributed by atoms with E-state index >= 15 is 0 Å². The zero-order valence-electron chi connectivity index (χ0n) is 72.0. The van der Waals surface area contributed by atoms with Gasteiger partial charge in [-0.05, 0) is 237 Å². The molecular formula is C94H106F3N11O14S4. The highest BCUT2D eigenvalue weighted by atomic mass is 32.2. The van der Waals surface area contributed by atoms with Crippen LogP contribution in [-0.4, -0.2) is 148 Å². The first-order valence-corrected chi connectivity index (χ1v) is 49.6. The molecule has 6 aliphatic carbocycles. The van der Waals surface area contributed by atoms with Crippen LogP contribution in [0.2, 0.25) is 0 Å². The van der Waals surface area contributed by atoms with E-state index in [1.54, 1.807) is 134 Å². The number of nitrogens with two attached hydrogens (primary N) is 1. The third-order valence-corrected chi connectivity index (χ3v) is 35.5. The minimum atomic E-state index is -4.25. The Morgan fingerprint density at radius 1 is 0.444 bits per heavy atom. The number of alkyl halides is 2. The molecule has 6 aromatic heterocycles. The van der Waals surface area contributed by atoms with Gasteiger partial charge in [-0.25, -0.2) is 52.0 Å². The standard InChI is InChI=1S/C25H28F2N2O3S.C25H30N2O3S.C23H25N3O5S.C21H23FN4O3S/c1-16(2)33(31,32)17-7-8-22(29-11-9-24(10-12-29)15-25(24,26)27)20(13-17)21-14-28(3)23(30)19-6-4-5-18(19)21;1-17(2)31(29,30)18-7-8-23(27-13-11-25(9-10-25)12-14-27)21(15-18)22-16-26(3)24(28)20-6-4-5-19(20)22;1-25-13-18(16-4-9-24-21(16)22(25)29)17-12-15(32(30,31)14-20(27)28)2-3-19(17)26-10-7-23(5-6-23)8-11-26;1-25-12-15(13-2-7-24-19(13)20(25)27)14-10-18(30(23,28)29)16(22)11-17(14)26-8-5-21(3-4-21)6-9-26/h4-5,7-8,13-14,16H,6,9-12,15H2,1-3H3;4-5,7-8,15-17H,6,9-14H2,1-3H3;2-4,9,12-13,24H,5-8,10-11,14H2,1H3,(H,27,28);2,7,10-12,24H,3-6,8-9H2,1H3,(H2,23,28,29). The number of anilines is 4. The summed E-state index contributed by atoms with van der Waals surface area (Å²) < 4.78 is 150. The first-order valence-electron chi connectivity index (χ1n) is 43.3. The topological polar surface area (TPSA) is 332 Å². The van der Waals surface area contributed by atoms with E-state index in [4.69, 9.17) is 10.2 Å². The second-order valence-electron chi connectivity index (χ2n) is 37.2. The maximum absolute atomic E-state index is 14.8. The monoisotopic (exact) mass is 1800 g/mol. The number of nitrogens with zero attached hydrogens (tertiary/aromatic N) is 8. The van der Waals surface area contributed by atoms with Crippen molar-refractivity contribution in [1.29, 1.82) is 0 Å². The predicted octanol–water partition coefficient (Wildman–Crippen LogP) is 14.1. The van der Waals surface area contributed by atoms with Crippen LogP contribution >= 0.6 is 0 Å². The lowest BCUT2D eigenvalue weighted by atomic mass is 9.91. The van der Waals surface area contributed by atoms with E-state index < -0.39 is 83.8 Å². The summed E-state index contributed by atoms with van der Waals surface area (Å²) in [5, 5.41) is 14.6. The molecule has 666 valence electrons. The fraction of sp³-hybridized carbons (Fsp3) is 0.436. The largest absolute Gasteiger partial charge is 0.480 e. The molecule has 10 aromatic rings. The fourth-order valence-electron chi connectivity index (χ4n) is 19.8. The third-order valence-electron chi connectivity index (χ3n) is 28.7. The van der Waals surface area contributed by atoms with Gasteiger partial charge in [-0.2, -0.15) is 0 Å². The summed E-state index contributed by atoms with van der Waals surface area (Å²) in [4.78, 5) is 76.2. The van der Waals surface area contributed by atoms with Crippen LogP contribution in [0.15, 0.2) is 167 Å². The lowest BCUT2D eigenvalue weighted by Gasteiger charge is -2.35. The van der Waals surface area contributed by atoms with Gasteiger partial charge in [-0.1, -0.05) is 24.3 Å². The van der Waals surface area contributed by atoms with Gasteiger partial charge in [0.25, 0.3) is 28.2 Å². The summed E-state index contributed by atoms with van der Waals surface area (Å²) in [7, 11) is -8.40. The maximum atomic E-state index is 14.8. The third kappa shape index (κ3) is 16.2. The molecule has 5 N–H and O–H groups in total. The Morgan fingerprint density at radius 2 is 0.778 bits per heavy atom. The van der Waals surface area contributed by atoms with Crippen LogP contribution in [0.3, 0.4) is 0 Å². The van der Waals surface area contributed by atoms with Gasteiger partial charge in [0.15, 0.2) is 35.3 Å². The van der Waals surface area contributed by atoms with Crippen LogP contribution in [-0.2, 0) is 85.4 Å². The highest BCUT2D eigenvalue weighted by Gasteiger charge is 2.70. The average molecular weight is 1800 g/mol. The Morgan fingerprint density at radius 3 is 1.13 bits per heavy atom. The summed E-state index contributed by atoms with van der Waals surface area (Å²) in [6.45, 7) is 13.0. The van der Waals surface area contributed by atoms with E-state index in [1.165, 1.54) is 83.3 Å². The Hall–Kier alpha value is -10.5. The fourth-order valence-corrected chi connectivity index (χ4v) is 23.6. The predicted molar refractivity (Wildman–Crippen MR) is 486 cm³/mol. The van der Waals surface area contributed by atoms with Gasteiger partial charge in [-0.3, -0.25) is 24.0 Å². The van der Waals surface area contributed by atoms with Crippen molar-refractivity contribution in [3.8, 4) is 44.5 Å². The molecule has 126 heavy (non-hydrogen) atoms. The summed E-state index contributed by atoms with van der Waals surface area (Å²) in [6, 6.07) is 21.6. The number of hydrogen-bond donors (Lipinski definition) is 4. The van der Waals surface area contributed by atoms with Crippen molar-refractivity contribution >= 4 is 102 Å². The number of pyridine rings is 4. The van der Waals surface area contributed by atoms with Gasteiger partial charge < -0.3 is 52.9 Å². The van der Waals surface area contributed by atoms with Crippen molar-refractivity contribution < 1.29 is 56.7 Å². The van der Waals surface area contributed by atoms with E-state index in [-0.39, 0.29) is 38.4 Å². The van der Waals surface area contributed by atoms with E-state index in [1.807, 2.05) is 48.7 Å². The number of allylic oxidation sites excluding steroid dienone is 2. The Labute approximate surface area is 730 Å². The molecule has 10 aliphatic rings. The molecule has 4 saturated carbocycles. The lowest BCUT2D eigenvalue weighted by Crippen LogP contribution is -2.37. The van der Waals surface area contributed by atoms with Gasteiger partial charge in [0, 0.05) is 219 Å². The molecule has 32 heteroatoms. The van der Waals surface area contributed by atoms with E-state index in [9.17, 15) is 70.8 Å². The van der Waals surface area contributed by atoms with Crippen molar-refractivity contribution in [1.82, 2.24) is 28.2 Å². The number of aliphatic carboxylic acids is 1. The number of halogens is 3. The van der Waals surface area contributed by atoms with Gasteiger partial charge in [0.1, 0.15) is 21.7 Å². The number of aromatic amines is 2. The van der Waals surface area contributed by atoms with Crippen LogP contribution in [0.5, 0.6) is 0 Å². The van der Waals surface area contributed by atoms with Gasteiger partial charge in [0.2, 0.25) is 10.0 Å². The molecule has 0 atom stereocenters. The maximum Gasteiger partial charge on any atom is 0.319 e. The van der Waals surface area contributed by atoms with Crippen LogP contribution in [0.1, 0.15) is 146 Å². The van der Waals surface area contributed by atoms with Gasteiger partial charge >= 0.3 is 5.97 Å². The number of fused-ring (bicyclic) bond motifs is 4. The number of hydrogen-bond acceptors (Lipinski definition) is 17. The zero-order valence-corrected chi connectivity index (χ0v) is 75.3. The Bertz CT molecular complexity index is 6950. The number of carboxylic acids is 1. The number of primary sulfonamides is 1. The molecule has 4 saturated heterocycles. The van der Waals surface area contributed by atoms with Gasteiger partial charge in [0.05, 0.1) is 25.2 Å². The highest BCUT2D eigenvalue weighted by molar-refractivity contribution is 7.92. The van der Waals surface area contributed by atoms with Crippen molar-refractivity contribution in [3.05, 3.63) is 198 Å². The Balaban J connectivity index is 0.000000119. The number of nitrogens with one attached hydrogen (secondary N) is 2. The molecule has 0 amide bonds. The molecule has 4 aliphatic heterocycles. The van der Waals surface area contributed by atoms with E-state index in [0.717, 1.165) is 121 Å². The van der Waals surface area contributed by atoms with Crippen molar-refractivity contribution in [2.45, 2.75) is 173 Å². The molecule has 0 unspecified atom stereocenters. The SMILES string of the molecule is CC(C)S(=O)(=O)c1ccc(N2CCC3(CC2)CC3(F)F)c(-c2cn(C)c(=O)c3c2C=CC3)c1.CC(C)S(=O)(=O)c1ccc(N2CCC3(CC2)CC3)c(-c2cn(C)c(=O)c3c2C=CC3)c1.Cn1cc(-c2cc(S(=O)(=O)CC(=O)O)ccc2N2CCC3(CC2)CC3)c2cc[nH]c2c1=O.Cn1cc(-c2cc(S(N)(=O)=O)c(F)cc2N2CCC3(CC2)CC3)c2cc[nH]c2c1=O. The molecule has 8 fully saturated rings. The van der Waals surface area contributed by atoms with E-state index in [2.05, 4.69) is 29.6 Å². The normalized spacial score (nSPS) is 19.0. The van der Waals surface area contributed by atoms with Crippen molar-refractivity contribution in [2.24, 2.45) is 55.0 Å². The minimum Gasteiger partial charge on any atom is -0.480 e. The molecule has 10 heterocycles. The molecule has 20 rings (SSSR count). The molecule has 4 aromatic carbocycles. The average Bonchev–Trinajstić information content (AvgIpc) is 1.55. The van der Waals surface area contributed by atoms with Crippen LogP contribution < -0.4 is 47.0 Å². The van der Waals surface area contributed by atoms with Crippen LogP contribution in [0.25, 0.3) is 78.5 Å². The minimum absolute atomic E-state index is 0.0184. The number of benzene rings is 4. The van der Waals surface area contributed by atoms with E-state index in [0.29, 0.717) is 115 Å². The quantitative estimate of drug-likeness (QED) is 0.0698. The first-order chi connectivity index (χ1) is 59.6.